The first kappa shape index (κ1) is 17.1. The number of aliphatic hydroxyl groups is 1. The lowest BCUT2D eigenvalue weighted by Gasteiger charge is -2.12. The van der Waals surface area contributed by atoms with Crippen molar-refractivity contribution in [1.82, 2.24) is 0 Å². The van der Waals surface area contributed by atoms with Crippen molar-refractivity contribution < 1.29 is 29.3 Å². The Hall–Kier alpha value is -3.28. The fourth-order valence-electron chi connectivity index (χ4n) is 1.95. The first-order chi connectivity index (χ1) is 11.5. The number of hydrogen-bond acceptors (Lipinski definition) is 5. The molecule has 6 heteroatoms. The summed E-state index contributed by atoms with van der Waals surface area (Å²) in [4.78, 5) is 21.7. The van der Waals surface area contributed by atoms with E-state index in [0.29, 0.717) is 24.2 Å². The standard InChI is InChI=1S/C18H16O6/c1-23-16-8-7-13(14(19)10-15(20)18(21)22)9-17(16)24-11-12-5-3-2-4-6-12/h2-10,19H,11H2,1H3,(H,21,22)/b14-10-. The molecule has 0 saturated heterocycles. The van der Waals surface area contributed by atoms with E-state index in [-0.39, 0.29) is 5.56 Å². The van der Waals surface area contributed by atoms with E-state index in [4.69, 9.17) is 14.6 Å². The first-order valence-electron chi connectivity index (χ1n) is 7.04. The molecule has 0 radical (unpaired) electrons. The van der Waals surface area contributed by atoms with Crippen LogP contribution in [0, 0.1) is 0 Å². The molecule has 0 bridgehead atoms. The van der Waals surface area contributed by atoms with Crippen molar-refractivity contribution in [3.05, 3.63) is 65.7 Å². The molecular weight excluding hydrogens is 312 g/mol. The summed E-state index contributed by atoms with van der Waals surface area (Å²) >= 11 is 0. The predicted molar refractivity (Wildman–Crippen MR) is 87.0 cm³/mol. The fraction of sp³-hybridized carbons (Fsp3) is 0.111. The summed E-state index contributed by atoms with van der Waals surface area (Å²) in [6.45, 7) is 0.291. The Labute approximate surface area is 138 Å². The van der Waals surface area contributed by atoms with Crippen LogP contribution in [0.5, 0.6) is 11.5 Å². The monoisotopic (exact) mass is 328 g/mol. The van der Waals surface area contributed by atoms with Crippen LogP contribution in [0.25, 0.3) is 5.76 Å². The lowest BCUT2D eigenvalue weighted by molar-refractivity contribution is -0.146. The predicted octanol–water partition coefficient (Wildman–Crippen LogP) is 2.83. The third-order valence-corrected chi connectivity index (χ3v) is 3.18. The number of ketones is 1. The van der Waals surface area contributed by atoms with Crippen LogP contribution in [0.15, 0.2) is 54.6 Å². The van der Waals surface area contributed by atoms with Gasteiger partial charge >= 0.3 is 5.97 Å². The number of rotatable bonds is 7. The number of carbonyl (C=O) groups is 2. The number of benzene rings is 2. The second-order valence-electron chi connectivity index (χ2n) is 4.84. The molecule has 0 unspecified atom stereocenters. The highest BCUT2D eigenvalue weighted by molar-refractivity contribution is 6.38. The van der Waals surface area contributed by atoms with Gasteiger partial charge in [-0.05, 0) is 23.8 Å². The van der Waals surface area contributed by atoms with E-state index in [1.165, 1.54) is 19.2 Å². The average molecular weight is 328 g/mol. The van der Waals surface area contributed by atoms with Crippen molar-refractivity contribution in [3.8, 4) is 11.5 Å². The van der Waals surface area contributed by atoms with Crippen molar-refractivity contribution in [2.24, 2.45) is 0 Å². The Balaban J connectivity index is 2.24. The van der Waals surface area contributed by atoms with Crippen LogP contribution in [0.1, 0.15) is 11.1 Å². The largest absolute Gasteiger partial charge is 0.507 e. The summed E-state index contributed by atoms with van der Waals surface area (Å²) in [5, 5.41) is 18.5. The van der Waals surface area contributed by atoms with E-state index in [1.54, 1.807) is 6.07 Å². The molecule has 0 saturated carbocycles. The molecule has 0 heterocycles. The minimum atomic E-state index is -1.64. The van der Waals surface area contributed by atoms with E-state index in [2.05, 4.69) is 0 Å². The van der Waals surface area contributed by atoms with Gasteiger partial charge in [0.2, 0.25) is 0 Å². The molecule has 2 aromatic carbocycles. The van der Waals surface area contributed by atoms with Crippen molar-refractivity contribution in [2.75, 3.05) is 7.11 Å². The number of aliphatic carboxylic acids is 1. The van der Waals surface area contributed by atoms with Gasteiger partial charge in [0.25, 0.3) is 5.78 Å². The summed E-state index contributed by atoms with van der Waals surface area (Å²) in [7, 11) is 1.48. The summed E-state index contributed by atoms with van der Waals surface area (Å²) in [5.74, 6) is -2.51. The van der Waals surface area contributed by atoms with E-state index >= 15 is 0 Å². The van der Waals surface area contributed by atoms with Gasteiger partial charge in [-0.1, -0.05) is 30.3 Å². The van der Waals surface area contributed by atoms with Gasteiger partial charge < -0.3 is 19.7 Å². The lowest BCUT2D eigenvalue weighted by atomic mass is 10.1. The highest BCUT2D eigenvalue weighted by Crippen LogP contribution is 2.30. The second-order valence-corrected chi connectivity index (χ2v) is 4.84. The lowest BCUT2D eigenvalue weighted by Crippen LogP contribution is -2.09. The SMILES string of the molecule is COc1ccc(/C(O)=C/C(=O)C(=O)O)cc1OCc1ccccc1. The van der Waals surface area contributed by atoms with Crippen molar-refractivity contribution in [3.63, 3.8) is 0 Å². The average Bonchev–Trinajstić information content (AvgIpc) is 2.60. The fourth-order valence-corrected chi connectivity index (χ4v) is 1.95. The van der Waals surface area contributed by atoms with Gasteiger partial charge in [0.15, 0.2) is 11.5 Å². The van der Waals surface area contributed by atoms with E-state index in [0.717, 1.165) is 5.56 Å². The maximum atomic E-state index is 11.2. The minimum Gasteiger partial charge on any atom is -0.507 e. The molecule has 124 valence electrons. The molecule has 0 aliphatic heterocycles. The molecule has 0 aliphatic carbocycles. The van der Waals surface area contributed by atoms with Gasteiger partial charge in [0.1, 0.15) is 12.4 Å². The summed E-state index contributed by atoms with van der Waals surface area (Å²) in [5.41, 5.74) is 1.19. The third kappa shape index (κ3) is 4.36. The van der Waals surface area contributed by atoms with Gasteiger partial charge in [0, 0.05) is 11.6 Å². The molecule has 0 fully saturated rings. The van der Waals surface area contributed by atoms with Crippen LogP contribution >= 0.6 is 0 Å². The van der Waals surface area contributed by atoms with Crippen molar-refractivity contribution >= 4 is 17.5 Å². The van der Waals surface area contributed by atoms with Crippen LogP contribution in [0.2, 0.25) is 0 Å². The maximum Gasteiger partial charge on any atom is 0.376 e. The summed E-state index contributed by atoms with van der Waals surface area (Å²) in [6.07, 6.45) is 0.644. The molecule has 2 rings (SSSR count). The first-order valence-corrected chi connectivity index (χ1v) is 7.04. The van der Waals surface area contributed by atoms with Crippen LogP contribution in [-0.4, -0.2) is 29.1 Å². The highest BCUT2D eigenvalue weighted by Gasteiger charge is 2.13. The number of ether oxygens (including phenoxy) is 2. The number of hydrogen-bond donors (Lipinski definition) is 2. The quantitative estimate of drug-likeness (QED) is 0.461. The van der Waals surface area contributed by atoms with Crippen molar-refractivity contribution in [2.45, 2.75) is 6.61 Å². The molecule has 24 heavy (non-hydrogen) atoms. The summed E-state index contributed by atoms with van der Waals surface area (Å²) in [6, 6.07) is 14.0. The van der Waals surface area contributed by atoms with Gasteiger partial charge in [-0.3, -0.25) is 4.79 Å². The van der Waals surface area contributed by atoms with Gasteiger partial charge in [-0.2, -0.15) is 0 Å². The van der Waals surface area contributed by atoms with Gasteiger partial charge in [0.05, 0.1) is 7.11 Å². The number of aliphatic hydroxyl groups excluding tert-OH is 1. The highest BCUT2D eigenvalue weighted by atomic mass is 16.5. The van der Waals surface area contributed by atoms with Crippen LogP contribution in [0.4, 0.5) is 0 Å². The molecule has 0 atom stereocenters. The van der Waals surface area contributed by atoms with E-state index < -0.39 is 17.5 Å². The number of carboxylic acids is 1. The number of carbonyl (C=O) groups excluding carboxylic acids is 1. The zero-order valence-corrected chi connectivity index (χ0v) is 12.9. The molecule has 0 amide bonds. The molecule has 0 spiro atoms. The zero-order valence-electron chi connectivity index (χ0n) is 12.9. The Bertz CT molecular complexity index is 764. The van der Waals surface area contributed by atoms with E-state index in [1.807, 2.05) is 30.3 Å². The normalized spacial score (nSPS) is 11.0. The van der Waals surface area contributed by atoms with Crippen LogP contribution in [-0.2, 0) is 16.2 Å². The Morgan fingerprint density at radius 1 is 1.04 bits per heavy atom. The second kappa shape index (κ2) is 7.82. The zero-order chi connectivity index (χ0) is 17.5. The van der Waals surface area contributed by atoms with Gasteiger partial charge in [-0.25, -0.2) is 4.79 Å². The van der Waals surface area contributed by atoms with Crippen LogP contribution in [0.3, 0.4) is 0 Å². The third-order valence-electron chi connectivity index (χ3n) is 3.18. The smallest absolute Gasteiger partial charge is 0.376 e. The Morgan fingerprint density at radius 2 is 1.75 bits per heavy atom. The molecule has 0 aromatic heterocycles. The van der Waals surface area contributed by atoms with Gasteiger partial charge in [-0.15, -0.1) is 0 Å². The molecular formula is C18H16O6. The number of carboxylic acid groups (broad SMARTS) is 1. The molecule has 2 N–H and O–H groups in total. The van der Waals surface area contributed by atoms with E-state index in [9.17, 15) is 14.7 Å². The Kier molecular flexibility index (Phi) is 5.57. The molecule has 2 aromatic rings. The number of methoxy groups -OCH3 is 1. The van der Waals surface area contributed by atoms with Crippen molar-refractivity contribution in [1.29, 1.82) is 0 Å². The maximum absolute atomic E-state index is 11.2. The molecule has 0 aliphatic rings. The van der Waals surface area contributed by atoms with Crippen LogP contribution < -0.4 is 9.47 Å². The minimum absolute atomic E-state index is 0.244. The topological polar surface area (TPSA) is 93.1 Å². The molecule has 6 nitrogen and oxygen atoms in total. The Morgan fingerprint density at radius 3 is 2.38 bits per heavy atom. The summed E-state index contributed by atoms with van der Waals surface area (Å²) < 4.78 is 10.9.